The van der Waals surface area contributed by atoms with Crippen LogP contribution in [0.5, 0.6) is 11.5 Å². The van der Waals surface area contributed by atoms with Crippen LogP contribution in [0.2, 0.25) is 0 Å². The summed E-state index contributed by atoms with van der Waals surface area (Å²) in [5.74, 6) is 0.950. The van der Waals surface area contributed by atoms with E-state index in [0.717, 1.165) is 18.4 Å². The van der Waals surface area contributed by atoms with Gasteiger partial charge in [-0.25, -0.2) is 14.6 Å². The van der Waals surface area contributed by atoms with Crippen LogP contribution in [0.15, 0.2) is 33.9 Å². The Morgan fingerprint density at radius 3 is 2.55 bits per heavy atom. The zero-order valence-corrected chi connectivity index (χ0v) is 19.2. The number of nitrogens with one attached hydrogen (secondary N) is 1. The molecule has 0 spiro atoms. The lowest BCUT2D eigenvalue weighted by Crippen LogP contribution is -2.31. The monoisotopic (exact) mass is 456 g/mol. The summed E-state index contributed by atoms with van der Waals surface area (Å²) in [6, 6.07) is 5.26. The van der Waals surface area contributed by atoms with Gasteiger partial charge in [0.1, 0.15) is 12.4 Å². The number of unbranched alkanes of at least 4 members (excludes halogenated alkanes) is 1. The first kappa shape index (κ1) is 23.8. The van der Waals surface area contributed by atoms with Crippen LogP contribution in [0.25, 0.3) is 17.2 Å². The molecule has 0 amide bonds. The second-order valence-electron chi connectivity index (χ2n) is 7.26. The Bertz CT molecular complexity index is 1280. The summed E-state index contributed by atoms with van der Waals surface area (Å²) in [6.07, 6.45) is 4.55. The molecule has 33 heavy (non-hydrogen) atoms. The minimum Gasteiger partial charge on any atom is -0.493 e. The highest BCUT2D eigenvalue weighted by Crippen LogP contribution is 2.28. The number of H-pyrrole nitrogens is 1. The number of hydrogen-bond donors (Lipinski definition) is 1. The van der Waals surface area contributed by atoms with E-state index in [1.807, 2.05) is 13.8 Å². The number of aromatic nitrogens is 4. The van der Waals surface area contributed by atoms with Crippen LogP contribution in [0.3, 0.4) is 0 Å². The molecule has 10 nitrogen and oxygen atoms in total. The minimum absolute atomic E-state index is 0.140. The van der Waals surface area contributed by atoms with Crippen molar-refractivity contribution in [3.05, 3.63) is 56.5 Å². The first-order chi connectivity index (χ1) is 15.9. The number of methoxy groups -OCH3 is 2. The summed E-state index contributed by atoms with van der Waals surface area (Å²) in [5, 5.41) is 0. The van der Waals surface area contributed by atoms with Crippen molar-refractivity contribution >= 4 is 23.2 Å². The molecule has 1 N–H and O–H groups in total. The third-order valence-corrected chi connectivity index (χ3v) is 5.18. The van der Waals surface area contributed by atoms with Crippen molar-refractivity contribution in [3.63, 3.8) is 0 Å². The van der Waals surface area contributed by atoms with Crippen molar-refractivity contribution in [1.82, 2.24) is 19.1 Å². The second kappa shape index (κ2) is 10.7. The number of esters is 1. The average molecular weight is 456 g/mol. The zero-order chi connectivity index (χ0) is 24.0. The normalized spacial score (nSPS) is 11.3. The van der Waals surface area contributed by atoms with Gasteiger partial charge in [0.25, 0.3) is 5.56 Å². The third-order valence-electron chi connectivity index (χ3n) is 5.18. The predicted octanol–water partition coefficient (Wildman–Crippen LogP) is 2.48. The predicted molar refractivity (Wildman–Crippen MR) is 124 cm³/mol. The number of carbonyl (C=O) groups is 1. The number of nitrogens with zero attached hydrogens (tertiary/aromatic N) is 3. The van der Waals surface area contributed by atoms with E-state index in [1.165, 1.54) is 17.8 Å². The van der Waals surface area contributed by atoms with Gasteiger partial charge in [-0.2, -0.15) is 0 Å². The molecule has 0 saturated carbocycles. The Kier molecular flexibility index (Phi) is 7.70. The number of rotatable bonds is 10. The van der Waals surface area contributed by atoms with Crippen LogP contribution >= 0.6 is 0 Å². The fourth-order valence-corrected chi connectivity index (χ4v) is 3.50. The van der Waals surface area contributed by atoms with E-state index in [1.54, 1.807) is 36.0 Å². The van der Waals surface area contributed by atoms with Gasteiger partial charge in [0.15, 0.2) is 22.7 Å². The number of ether oxygens (including phenoxy) is 3. The summed E-state index contributed by atoms with van der Waals surface area (Å²) in [7, 11) is 3.08. The first-order valence-corrected chi connectivity index (χ1v) is 10.7. The average Bonchev–Trinajstić information content (AvgIpc) is 3.19. The van der Waals surface area contributed by atoms with Crippen molar-refractivity contribution in [1.29, 1.82) is 0 Å². The molecule has 0 aliphatic rings. The number of hydrogen-bond acceptors (Lipinski definition) is 7. The molecule has 3 aromatic rings. The van der Waals surface area contributed by atoms with E-state index in [4.69, 9.17) is 14.2 Å². The molecule has 0 radical (unpaired) electrons. The van der Waals surface area contributed by atoms with E-state index in [0.29, 0.717) is 41.6 Å². The van der Waals surface area contributed by atoms with Crippen molar-refractivity contribution in [2.24, 2.45) is 0 Å². The van der Waals surface area contributed by atoms with Crippen LogP contribution in [0.4, 0.5) is 0 Å². The Balaban J connectivity index is 1.81. The maximum atomic E-state index is 12.4. The van der Waals surface area contributed by atoms with E-state index < -0.39 is 17.2 Å². The number of imidazole rings is 1. The SMILES string of the molecule is CCCCn1c(=O)[nH]c(=O)c2c1nc(COC(=O)C=Cc1ccc(OC)c(OC)c1)n2CC. The Hall–Kier alpha value is -3.82. The van der Waals surface area contributed by atoms with Gasteiger partial charge in [-0.05, 0) is 37.1 Å². The maximum absolute atomic E-state index is 12.4. The zero-order valence-electron chi connectivity index (χ0n) is 19.2. The smallest absolute Gasteiger partial charge is 0.331 e. The molecular formula is C23H28N4O6. The van der Waals surface area contributed by atoms with Gasteiger partial charge in [-0.15, -0.1) is 0 Å². The first-order valence-electron chi connectivity index (χ1n) is 10.7. The lowest BCUT2D eigenvalue weighted by atomic mass is 10.2. The third kappa shape index (κ3) is 5.16. The number of fused-ring (bicyclic) bond motifs is 1. The van der Waals surface area contributed by atoms with Gasteiger partial charge in [0.2, 0.25) is 0 Å². The summed E-state index contributed by atoms with van der Waals surface area (Å²) in [6.45, 7) is 4.60. The fourth-order valence-electron chi connectivity index (χ4n) is 3.50. The van der Waals surface area contributed by atoms with Crippen LogP contribution in [-0.2, 0) is 29.2 Å². The molecule has 0 aliphatic heterocycles. The van der Waals surface area contributed by atoms with Gasteiger partial charge in [0, 0.05) is 19.2 Å². The number of aryl methyl sites for hydroxylation is 2. The van der Waals surface area contributed by atoms with Crippen molar-refractivity contribution < 1.29 is 19.0 Å². The Morgan fingerprint density at radius 2 is 1.88 bits per heavy atom. The van der Waals surface area contributed by atoms with E-state index in [2.05, 4.69) is 9.97 Å². The highest BCUT2D eigenvalue weighted by molar-refractivity contribution is 5.87. The highest BCUT2D eigenvalue weighted by atomic mass is 16.5. The summed E-state index contributed by atoms with van der Waals surface area (Å²) in [5.41, 5.74) is 0.314. The van der Waals surface area contributed by atoms with Crippen molar-refractivity contribution in [2.75, 3.05) is 14.2 Å². The molecule has 10 heteroatoms. The Labute approximate surface area is 190 Å². The maximum Gasteiger partial charge on any atom is 0.331 e. The lowest BCUT2D eigenvalue weighted by molar-refractivity contribution is -0.139. The van der Waals surface area contributed by atoms with Crippen molar-refractivity contribution in [3.8, 4) is 11.5 Å². The lowest BCUT2D eigenvalue weighted by Gasteiger charge is -2.07. The number of benzene rings is 1. The molecule has 0 bridgehead atoms. The number of carbonyl (C=O) groups excluding carboxylic acids is 1. The number of aromatic amines is 1. The molecule has 0 atom stereocenters. The topological polar surface area (TPSA) is 117 Å². The second-order valence-corrected chi connectivity index (χ2v) is 7.26. The van der Waals surface area contributed by atoms with Gasteiger partial charge in [0.05, 0.1) is 14.2 Å². The molecule has 0 aliphatic carbocycles. The van der Waals surface area contributed by atoms with Crippen LogP contribution in [0, 0.1) is 0 Å². The standard InChI is InChI=1S/C23H28N4O6/c1-5-7-12-27-21-20(22(29)25-23(27)30)26(6-2)18(24-21)14-33-19(28)11-9-15-8-10-16(31-3)17(13-15)32-4/h8-11,13H,5-7,12,14H2,1-4H3,(H,25,29,30). The van der Waals surface area contributed by atoms with Gasteiger partial charge in [-0.3, -0.25) is 14.3 Å². The molecule has 0 saturated heterocycles. The minimum atomic E-state index is -0.572. The molecular weight excluding hydrogens is 428 g/mol. The van der Waals surface area contributed by atoms with Gasteiger partial charge >= 0.3 is 11.7 Å². The molecule has 176 valence electrons. The largest absolute Gasteiger partial charge is 0.493 e. The summed E-state index contributed by atoms with van der Waals surface area (Å²) < 4.78 is 18.9. The summed E-state index contributed by atoms with van der Waals surface area (Å²) in [4.78, 5) is 43.8. The van der Waals surface area contributed by atoms with E-state index in [9.17, 15) is 14.4 Å². The quantitative estimate of drug-likeness (QED) is 0.368. The molecule has 2 aromatic heterocycles. The van der Waals surface area contributed by atoms with Gasteiger partial charge < -0.3 is 18.8 Å². The van der Waals surface area contributed by atoms with E-state index >= 15 is 0 Å². The van der Waals surface area contributed by atoms with Gasteiger partial charge in [-0.1, -0.05) is 19.4 Å². The van der Waals surface area contributed by atoms with Crippen LogP contribution in [0.1, 0.15) is 38.1 Å². The highest BCUT2D eigenvalue weighted by Gasteiger charge is 2.18. The van der Waals surface area contributed by atoms with E-state index in [-0.39, 0.29) is 6.61 Å². The molecule has 2 heterocycles. The molecule has 1 aromatic carbocycles. The molecule has 0 fully saturated rings. The molecule has 3 rings (SSSR count). The fraction of sp³-hybridized carbons (Fsp3) is 0.391. The van der Waals surface area contributed by atoms with Crippen LogP contribution < -0.4 is 20.7 Å². The summed E-state index contributed by atoms with van der Waals surface area (Å²) >= 11 is 0. The van der Waals surface area contributed by atoms with Crippen molar-refractivity contribution in [2.45, 2.75) is 46.4 Å². The molecule has 0 unspecified atom stereocenters. The van der Waals surface area contributed by atoms with Crippen LogP contribution in [-0.4, -0.2) is 39.3 Å². The Morgan fingerprint density at radius 1 is 1.12 bits per heavy atom.